The maximum absolute atomic E-state index is 6.14. The van der Waals surface area contributed by atoms with Gasteiger partial charge in [-0.05, 0) is 53.9 Å². The van der Waals surface area contributed by atoms with E-state index in [0.29, 0.717) is 0 Å². The molecule has 2 aromatic rings. The molecule has 0 amide bonds. The molecule has 0 saturated heterocycles. The maximum Gasteiger partial charge on any atom is 0.0412 e. The molecular weight excluding hydrogens is 322 g/mol. The van der Waals surface area contributed by atoms with E-state index in [1.165, 1.54) is 16.7 Å². The monoisotopic (exact) mass is 337 g/mol. The van der Waals surface area contributed by atoms with Crippen LogP contribution in [0.15, 0.2) is 46.9 Å². The second-order valence-electron chi connectivity index (χ2n) is 4.49. The molecule has 0 aromatic heterocycles. The van der Waals surface area contributed by atoms with E-state index in [-0.39, 0.29) is 0 Å². The van der Waals surface area contributed by atoms with E-state index in [4.69, 9.17) is 11.6 Å². The van der Waals surface area contributed by atoms with E-state index >= 15 is 0 Å². The molecule has 0 heterocycles. The molecule has 0 saturated carbocycles. The molecule has 0 bridgehead atoms. The van der Waals surface area contributed by atoms with Crippen LogP contribution in [0.1, 0.15) is 18.9 Å². The Labute approximate surface area is 128 Å². The molecule has 19 heavy (non-hydrogen) atoms. The second kappa shape index (κ2) is 7.09. The fourth-order valence-corrected chi connectivity index (χ4v) is 2.60. The van der Waals surface area contributed by atoms with Gasteiger partial charge in [0.05, 0.1) is 0 Å². The molecule has 1 N–H and O–H groups in total. The third-order valence-corrected chi connectivity index (χ3v) is 3.68. The van der Waals surface area contributed by atoms with Crippen LogP contribution in [0.5, 0.6) is 0 Å². The predicted molar refractivity (Wildman–Crippen MR) is 86.6 cm³/mol. The Morgan fingerprint density at radius 1 is 1.16 bits per heavy atom. The molecule has 0 fully saturated rings. The summed E-state index contributed by atoms with van der Waals surface area (Å²) < 4.78 is 1.08. The largest absolute Gasteiger partial charge is 0.313 e. The molecule has 1 nitrogen and oxygen atoms in total. The first-order valence-electron chi connectivity index (χ1n) is 6.46. The topological polar surface area (TPSA) is 12.0 Å². The van der Waals surface area contributed by atoms with Gasteiger partial charge in [0.2, 0.25) is 0 Å². The van der Waals surface area contributed by atoms with Crippen LogP contribution in [-0.4, -0.2) is 6.54 Å². The number of hydrogen-bond donors (Lipinski definition) is 1. The first kappa shape index (κ1) is 14.6. The van der Waals surface area contributed by atoms with Crippen molar-refractivity contribution in [1.82, 2.24) is 5.32 Å². The summed E-state index contributed by atoms with van der Waals surface area (Å²) in [6, 6.07) is 14.4. The molecule has 0 atom stereocenters. The predicted octanol–water partition coefficient (Wildman–Crippen LogP) is 5.27. The van der Waals surface area contributed by atoms with Gasteiger partial charge >= 0.3 is 0 Å². The van der Waals surface area contributed by atoms with Crippen LogP contribution in [-0.2, 0) is 6.54 Å². The zero-order valence-electron chi connectivity index (χ0n) is 10.9. The van der Waals surface area contributed by atoms with Crippen molar-refractivity contribution in [3.05, 3.63) is 57.5 Å². The minimum absolute atomic E-state index is 0.772. The van der Waals surface area contributed by atoms with Gasteiger partial charge < -0.3 is 5.32 Å². The van der Waals surface area contributed by atoms with Crippen molar-refractivity contribution in [2.75, 3.05) is 6.54 Å². The van der Waals surface area contributed by atoms with Gasteiger partial charge in [-0.3, -0.25) is 0 Å². The number of halogens is 2. The normalized spacial score (nSPS) is 10.7. The average Bonchev–Trinajstić information content (AvgIpc) is 2.40. The molecule has 3 heteroatoms. The van der Waals surface area contributed by atoms with Crippen molar-refractivity contribution in [2.45, 2.75) is 19.9 Å². The highest BCUT2D eigenvalue weighted by atomic mass is 79.9. The fraction of sp³-hybridized carbons (Fsp3) is 0.250. The van der Waals surface area contributed by atoms with Gasteiger partial charge in [-0.1, -0.05) is 52.7 Å². The third-order valence-electron chi connectivity index (χ3n) is 2.95. The standard InChI is InChI=1S/C16H17BrClN/c1-2-8-19-11-13-6-7-15(18)10-16(13)12-4-3-5-14(17)9-12/h3-7,9-10,19H,2,8,11H2,1H3. The van der Waals surface area contributed by atoms with Crippen LogP contribution in [0.25, 0.3) is 11.1 Å². The zero-order valence-corrected chi connectivity index (χ0v) is 13.3. The fourth-order valence-electron chi connectivity index (χ4n) is 2.03. The first-order valence-corrected chi connectivity index (χ1v) is 7.63. The minimum Gasteiger partial charge on any atom is -0.313 e. The smallest absolute Gasteiger partial charge is 0.0412 e. The van der Waals surface area contributed by atoms with Crippen molar-refractivity contribution in [3.63, 3.8) is 0 Å². The van der Waals surface area contributed by atoms with E-state index in [2.05, 4.69) is 46.4 Å². The van der Waals surface area contributed by atoms with Gasteiger partial charge in [-0.2, -0.15) is 0 Å². The zero-order chi connectivity index (χ0) is 13.7. The van der Waals surface area contributed by atoms with E-state index in [1.807, 2.05) is 24.3 Å². The Morgan fingerprint density at radius 3 is 2.74 bits per heavy atom. The molecule has 2 aromatic carbocycles. The Balaban J connectivity index is 2.34. The number of nitrogens with one attached hydrogen (secondary N) is 1. The van der Waals surface area contributed by atoms with E-state index in [1.54, 1.807) is 0 Å². The lowest BCUT2D eigenvalue weighted by molar-refractivity contribution is 0.676. The van der Waals surface area contributed by atoms with Crippen LogP contribution in [0.2, 0.25) is 5.02 Å². The van der Waals surface area contributed by atoms with Gasteiger partial charge in [0, 0.05) is 16.0 Å². The minimum atomic E-state index is 0.772. The number of benzene rings is 2. The van der Waals surface area contributed by atoms with E-state index in [9.17, 15) is 0 Å². The SMILES string of the molecule is CCCNCc1ccc(Cl)cc1-c1cccc(Br)c1. The number of hydrogen-bond acceptors (Lipinski definition) is 1. The van der Waals surface area contributed by atoms with Gasteiger partial charge in [0.15, 0.2) is 0 Å². The van der Waals surface area contributed by atoms with Crippen LogP contribution in [0.3, 0.4) is 0 Å². The molecular formula is C16H17BrClN. The summed E-state index contributed by atoms with van der Waals surface area (Å²) in [5, 5.41) is 4.21. The Hall–Kier alpha value is -0.830. The van der Waals surface area contributed by atoms with Crippen LogP contribution in [0, 0.1) is 0 Å². The van der Waals surface area contributed by atoms with Crippen LogP contribution < -0.4 is 5.32 Å². The molecule has 0 aliphatic rings. The first-order chi connectivity index (χ1) is 9.20. The molecule has 0 radical (unpaired) electrons. The highest BCUT2D eigenvalue weighted by molar-refractivity contribution is 9.10. The summed E-state index contributed by atoms with van der Waals surface area (Å²) in [4.78, 5) is 0. The lowest BCUT2D eigenvalue weighted by Crippen LogP contribution is -2.14. The molecule has 2 rings (SSSR count). The summed E-state index contributed by atoms with van der Waals surface area (Å²) >= 11 is 9.65. The number of rotatable bonds is 5. The van der Waals surface area contributed by atoms with Gasteiger partial charge in [0.1, 0.15) is 0 Å². The highest BCUT2D eigenvalue weighted by Crippen LogP contribution is 2.29. The molecule has 0 unspecified atom stereocenters. The van der Waals surface area contributed by atoms with Crippen molar-refractivity contribution < 1.29 is 0 Å². The Bertz CT molecular complexity index is 554. The second-order valence-corrected chi connectivity index (χ2v) is 5.84. The van der Waals surface area contributed by atoms with Crippen molar-refractivity contribution >= 4 is 27.5 Å². The van der Waals surface area contributed by atoms with Gasteiger partial charge in [-0.25, -0.2) is 0 Å². The van der Waals surface area contributed by atoms with Gasteiger partial charge in [-0.15, -0.1) is 0 Å². The van der Waals surface area contributed by atoms with Gasteiger partial charge in [0.25, 0.3) is 0 Å². The van der Waals surface area contributed by atoms with E-state index in [0.717, 1.165) is 29.0 Å². The van der Waals surface area contributed by atoms with Crippen molar-refractivity contribution in [1.29, 1.82) is 0 Å². The summed E-state index contributed by atoms with van der Waals surface area (Å²) in [7, 11) is 0. The molecule has 0 aliphatic heterocycles. The quantitative estimate of drug-likeness (QED) is 0.732. The van der Waals surface area contributed by atoms with Crippen LogP contribution >= 0.6 is 27.5 Å². The van der Waals surface area contributed by atoms with E-state index < -0.39 is 0 Å². The third kappa shape index (κ3) is 4.07. The van der Waals surface area contributed by atoms with Crippen molar-refractivity contribution in [2.24, 2.45) is 0 Å². The molecule has 100 valence electrons. The Morgan fingerprint density at radius 2 is 2.00 bits per heavy atom. The molecule has 0 spiro atoms. The summed E-state index contributed by atoms with van der Waals surface area (Å²) in [6.45, 7) is 4.07. The molecule has 0 aliphatic carbocycles. The average molecular weight is 339 g/mol. The highest BCUT2D eigenvalue weighted by Gasteiger charge is 2.06. The lowest BCUT2D eigenvalue weighted by atomic mass is 9.99. The Kier molecular flexibility index (Phi) is 5.44. The summed E-state index contributed by atoms with van der Waals surface area (Å²) in [5.41, 5.74) is 3.65. The summed E-state index contributed by atoms with van der Waals surface area (Å²) in [6.07, 6.45) is 1.14. The summed E-state index contributed by atoms with van der Waals surface area (Å²) in [5.74, 6) is 0. The van der Waals surface area contributed by atoms with Crippen LogP contribution in [0.4, 0.5) is 0 Å². The lowest BCUT2D eigenvalue weighted by Gasteiger charge is -2.11. The van der Waals surface area contributed by atoms with Crippen molar-refractivity contribution in [3.8, 4) is 11.1 Å². The maximum atomic E-state index is 6.14.